The molecule has 20 heavy (non-hydrogen) atoms. The molecule has 0 aromatic heterocycles. The molecule has 0 aliphatic rings. The lowest BCUT2D eigenvalue weighted by Gasteiger charge is -2.16. The molecule has 0 aromatic rings. The van der Waals surface area contributed by atoms with Crippen LogP contribution in [0.25, 0.3) is 0 Å². The Morgan fingerprint density at radius 2 is 0.950 bits per heavy atom. The highest BCUT2D eigenvalue weighted by molar-refractivity contribution is 5.70. The Hall–Kier alpha value is -1.58. The average molecular weight is 282 g/mol. The number of ether oxygens (including phenoxy) is 2. The highest BCUT2D eigenvalue weighted by Gasteiger charge is 2.13. The molecule has 114 valence electrons. The number of allylic oxidation sites excluding steroid dienone is 4. The second-order valence-corrected chi connectivity index (χ2v) is 5.11. The van der Waals surface area contributed by atoms with Gasteiger partial charge in [-0.15, -0.1) is 0 Å². The highest BCUT2D eigenvalue weighted by Crippen LogP contribution is 2.27. The van der Waals surface area contributed by atoms with Crippen molar-refractivity contribution in [3.05, 3.63) is 22.3 Å². The monoisotopic (exact) mass is 282 g/mol. The number of carbonyl (C=O) groups is 2. The smallest absolute Gasteiger partial charge is 0.305 e. The molecular formula is C16H26O4. The van der Waals surface area contributed by atoms with E-state index in [4.69, 9.17) is 0 Å². The molecule has 0 atom stereocenters. The van der Waals surface area contributed by atoms with Crippen LogP contribution in [0.3, 0.4) is 0 Å². The SMILES string of the molecule is COC(=O)CCC(=C(C)C)C(CCC(=O)OC)=C(C)C. The Labute approximate surface area is 121 Å². The molecule has 4 heteroatoms. The minimum Gasteiger partial charge on any atom is -0.469 e. The van der Waals surface area contributed by atoms with Crippen molar-refractivity contribution in [3.8, 4) is 0 Å². The van der Waals surface area contributed by atoms with Gasteiger partial charge in [0.1, 0.15) is 0 Å². The number of methoxy groups -OCH3 is 2. The minimum atomic E-state index is -0.218. The van der Waals surface area contributed by atoms with Crippen LogP contribution in [0.1, 0.15) is 53.4 Å². The number of hydrogen-bond donors (Lipinski definition) is 0. The molecule has 4 nitrogen and oxygen atoms in total. The van der Waals surface area contributed by atoms with Gasteiger partial charge in [-0.25, -0.2) is 0 Å². The van der Waals surface area contributed by atoms with Gasteiger partial charge < -0.3 is 9.47 Å². The zero-order valence-corrected chi connectivity index (χ0v) is 13.5. The molecule has 0 N–H and O–H groups in total. The van der Waals surface area contributed by atoms with Crippen molar-refractivity contribution < 1.29 is 19.1 Å². The van der Waals surface area contributed by atoms with Crippen molar-refractivity contribution in [1.29, 1.82) is 0 Å². The molecule has 0 rings (SSSR count). The van der Waals surface area contributed by atoms with Gasteiger partial charge in [0.05, 0.1) is 14.2 Å². The molecular weight excluding hydrogens is 256 g/mol. The van der Waals surface area contributed by atoms with E-state index in [2.05, 4.69) is 9.47 Å². The van der Waals surface area contributed by atoms with Crippen LogP contribution < -0.4 is 0 Å². The molecule has 0 amide bonds. The van der Waals surface area contributed by atoms with Crippen molar-refractivity contribution in [3.63, 3.8) is 0 Å². The average Bonchev–Trinajstić information content (AvgIpc) is 2.40. The first-order chi connectivity index (χ1) is 9.33. The number of esters is 2. The van der Waals surface area contributed by atoms with Crippen molar-refractivity contribution in [1.82, 2.24) is 0 Å². The Kier molecular flexibility index (Phi) is 8.61. The zero-order chi connectivity index (χ0) is 15.7. The van der Waals surface area contributed by atoms with E-state index in [9.17, 15) is 9.59 Å². The lowest BCUT2D eigenvalue weighted by molar-refractivity contribution is -0.141. The summed E-state index contributed by atoms with van der Waals surface area (Å²) in [4.78, 5) is 22.6. The van der Waals surface area contributed by atoms with Gasteiger partial charge in [0.25, 0.3) is 0 Å². The quantitative estimate of drug-likeness (QED) is 0.529. The normalized spacial score (nSPS) is 9.70. The summed E-state index contributed by atoms with van der Waals surface area (Å²) in [6.07, 6.45) is 1.98. The van der Waals surface area contributed by atoms with E-state index in [1.54, 1.807) is 0 Å². The van der Waals surface area contributed by atoms with Gasteiger partial charge in [0.2, 0.25) is 0 Å². The third-order valence-corrected chi connectivity index (χ3v) is 3.18. The summed E-state index contributed by atoms with van der Waals surface area (Å²) in [6, 6.07) is 0. The standard InChI is InChI=1S/C16H26O4/c1-11(2)13(7-9-15(17)19-5)14(12(3)4)8-10-16(18)20-6/h7-10H2,1-6H3. The van der Waals surface area contributed by atoms with Crippen LogP contribution in [0.2, 0.25) is 0 Å². The van der Waals surface area contributed by atoms with E-state index < -0.39 is 0 Å². The highest BCUT2D eigenvalue weighted by atomic mass is 16.5. The third-order valence-electron chi connectivity index (χ3n) is 3.18. The van der Waals surface area contributed by atoms with Crippen LogP contribution in [0.4, 0.5) is 0 Å². The molecule has 0 spiro atoms. The van der Waals surface area contributed by atoms with Crippen molar-refractivity contribution in [2.24, 2.45) is 0 Å². The Bertz CT molecular complexity index is 368. The largest absolute Gasteiger partial charge is 0.469 e. The van der Waals surface area contributed by atoms with Gasteiger partial charge in [-0.1, -0.05) is 11.1 Å². The van der Waals surface area contributed by atoms with Gasteiger partial charge in [-0.2, -0.15) is 0 Å². The summed E-state index contributed by atoms with van der Waals surface area (Å²) < 4.78 is 9.37. The van der Waals surface area contributed by atoms with Crippen LogP contribution in [-0.4, -0.2) is 26.2 Å². The number of rotatable bonds is 7. The van der Waals surface area contributed by atoms with E-state index in [1.807, 2.05) is 27.7 Å². The van der Waals surface area contributed by atoms with E-state index >= 15 is 0 Å². The van der Waals surface area contributed by atoms with Gasteiger partial charge in [0.15, 0.2) is 0 Å². The predicted molar refractivity (Wildman–Crippen MR) is 79.2 cm³/mol. The molecule has 0 saturated heterocycles. The Morgan fingerprint density at radius 1 is 0.650 bits per heavy atom. The van der Waals surface area contributed by atoms with E-state index in [1.165, 1.54) is 14.2 Å². The van der Waals surface area contributed by atoms with Crippen LogP contribution in [0, 0.1) is 0 Å². The molecule has 0 bridgehead atoms. The summed E-state index contributed by atoms with van der Waals surface area (Å²) in [5.41, 5.74) is 4.60. The summed E-state index contributed by atoms with van der Waals surface area (Å²) >= 11 is 0. The molecule has 0 aliphatic heterocycles. The first kappa shape index (κ1) is 18.4. The van der Waals surface area contributed by atoms with Crippen molar-refractivity contribution >= 4 is 11.9 Å². The molecule has 0 aromatic carbocycles. The molecule has 0 radical (unpaired) electrons. The minimum absolute atomic E-state index is 0.218. The van der Waals surface area contributed by atoms with E-state index in [0.717, 1.165) is 22.3 Å². The Balaban J connectivity index is 5.02. The second-order valence-electron chi connectivity index (χ2n) is 5.11. The van der Waals surface area contributed by atoms with Gasteiger partial charge in [0, 0.05) is 12.8 Å². The summed E-state index contributed by atoms with van der Waals surface area (Å²) in [5, 5.41) is 0. The third kappa shape index (κ3) is 6.55. The van der Waals surface area contributed by atoms with Gasteiger partial charge in [-0.3, -0.25) is 9.59 Å². The van der Waals surface area contributed by atoms with E-state index in [0.29, 0.717) is 25.7 Å². The molecule has 0 saturated carbocycles. The second kappa shape index (κ2) is 9.34. The first-order valence-electron chi connectivity index (χ1n) is 6.80. The van der Waals surface area contributed by atoms with E-state index in [-0.39, 0.29) is 11.9 Å². The maximum absolute atomic E-state index is 11.3. The predicted octanol–water partition coefficient (Wildman–Crippen LogP) is 3.57. The van der Waals surface area contributed by atoms with Gasteiger partial charge in [-0.05, 0) is 51.7 Å². The maximum atomic E-state index is 11.3. The van der Waals surface area contributed by atoms with Crippen LogP contribution >= 0.6 is 0 Å². The molecule has 0 fully saturated rings. The zero-order valence-electron chi connectivity index (χ0n) is 13.5. The van der Waals surface area contributed by atoms with Crippen LogP contribution in [0.5, 0.6) is 0 Å². The van der Waals surface area contributed by atoms with Crippen molar-refractivity contribution in [2.75, 3.05) is 14.2 Å². The lowest BCUT2D eigenvalue weighted by Crippen LogP contribution is -2.06. The van der Waals surface area contributed by atoms with Crippen LogP contribution in [0.15, 0.2) is 22.3 Å². The number of carbonyl (C=O) groups excluding carboxylic acids is 2. The molecule has 0 unspecified atom stereocenters. The Morgan fingerprint density at radius 3 is 1.15 bits per heavy atom. The fourth-order valence-corrected chi connectivity index (χ4v) is 2.06. The molecule has 0 aliphatic carbocycles. The van der Waals surface area contributed by atoms with Crippen LogP contribution in [-0.2, 0) is 19.1 Å². The summed E-state index contributed by atoms with van der Waals surface area (Å²) in [5.74, 6) is -0.436. The maximum Gasteiger partial charge on any atom is 0.305 e. The first-order valence-corrected chi connectivity index (χ1v) is 6.80. The number of hydrogen-bond acceptors (Lipinski definition) is 4. The summed E-state index contributed by atoms with van der Waals surface area (Å²) in [7, 11) is 2.78. The topological polar surface area (TPSA) is 52.6 Å². The van der Waals surface area contributed by atoms with Crippen molar-refractivity contribution in [2.45, 2.75) is 53.4 Å². The fraction of sp³-hybridized carbons (Fsp3) is 0.625. The molecule has 0 heterocycles. The fourth-order valence-electron chi connectivity index (χ4n) is 2.06. The lowest BCUT2D eigenvalue weighted by atomic mass is 9.90. The summed E-state index contributed by atoms with van der Waals surface area (Å²) in [6.45, 7) is 8.09. The van der Waals surface area contributed by atoms with Gasteiger partial charge >= 0.3 is 11.9 Å².